The largest absolute Gasteiger partial charge is 0.378 e. The molecular formula is C15H19N5O4. The van der Waals surface area contributed by atoms with Crippen LogP contribution in [0.5, 0.6) is 0 Å². The molecule has 0 bridgehead atoms. The fourth-order valence-electron chi connectivity index (χ4n) is 2.71. The molecule has 0 spiro atoms. The predicted octanol–water partition coefficient (Wildman–Crippen LogP) is 0.693. The van der Waals surface area contributed by atoms with Gasteiger partial charge in [-0.15, -0.1) is 0 Å². The smallest absolute Gasteiger partial charge is 0.271 e. The maximum absolute atomic E-state index is 12.3. The van der Waals surface area contributed by atoms with E-state index in [1.54, 1.807) is 21.8 Å². The summed E-state index contributed by atoms with van der Waals surface area (Å²) in [4.78, 5) is 26.4. The van der Waals surface area contributed by atoms with Crippen molar-refractivity contribution in [3.05, 3.63) is 34.5 Å². The average molecular weight is 333 g/mol. The molecule has 0 N–H and O–H groups in total. The van der Waals surface area contributed by atoms with Crippen molar-refractivity contribution < 1.29 is 14.5 Å². The van der Waals surface area contributed by atoms with Gasteiger partial charge in [-0.1, -0.05) is 0 Å². The van der Waals surface area contributed by atoms with E-state index in [1.165, 1.54) is 12.1 Å². The Hall–Kier alpha value is -2.52. The molecule has 0 atom stereocenters. The number of non-ortho nitro benzene ring substituents is 1. The van der Waals surface area contributed by atoms with Gasteiger partial charge in [0.1, 0.15) is 0 Å². The Kier molecular flexibility index (Phi) is 4.72. The monoisotopic (exact) mass is 333 g/mol. The zero-order valence-corrected chi connectivity index (χ0v) is 13.4. The van der Waals surface area contributed by atoms with Crippen LogP contribution < -0.4 is 0 Å². The van der Waals surface area contributed by atoms with Crippen LogP contribution in [0.2, 0.25) is 0 Å². The van der Waals surface area contributed by atoms with Gasteiger partial charge >= 0.3 is 0 Å². The lowest BCUT2D eigenvalue weighted by Crippen LogP contribution is -2.45. The van der Waals surface area contributed by atoms with Crippen LogP contribution in [0.15, 0.2) is 24.4 Å². The molecule has 0 unspecified atom stereocenters. The number of carbonyl (C=O) groups is 1. The number of fused-ring (bicyclic) bond motifs is 1. The Morgan fingerprint density at radius 1 is 1.42 bits per heavy atom. The summed E-state index contributed by atoms with van der Waals surface area (Å²) in [6.07, 6.45) is 1.66. The van der Waals surface area contributed by atoms with Gasteiger partial charge < -0.3 is 9.64 Å². The topological polar surface area (TPSA) is 93.7 Å². The van der Waals surface area contributed by atoms with Gasteiger partial charge in [-0.05, 0) is 13.1 Å². The fraction of sp³-hybridized carbons (Fsp3) is 0.467. The number of morpholine rings is 1. The molecule has 1 saturated heterocycles. The van der Waals surface area contributed by atoms with Gasteiger partial charge in [0.2, 0.25) is 5.91 Å². The third-order valence-corrected chi connectivity index (χ3v) is 3.98. The lowest BCUT2D eigenvalue weighted by atomic mass is 10.2. The van der Waals surface area contributed by atoms with Crippen molar-refractivity contribution in [1.29, 1.82) is 0 Å². The van der Waals surface area contributed by atoms with E-state index in [1.807, 2.05) is 11.9 Å². The van der Waals surface area contributed by atoms with Gasteiger partial charge in [-0.25, -0.2) is 0 Å². The van der Waals surface area contributed by atoms with Crippen LogP contribution in [0.3, 0.4) is 0 Å². The molecule has 1 aliphatic rings. The number of hydrogen-bond donors (Lipinski definition) is 0. The summed E-state index contributed by atoms with van der Waals surface area (Å²) < 4.78 is 6.90. The zero-order valence-electron chi connectivity index (χ0n) is 13.4. The van der Waals surface area contributed by atoms with Crippen molar-refractivity contribution in [1.82, 2.24) is 19.6 Å². The first-order chi connectivity index (χ1) is 11.5. The Labute approximate surface area is 138 Å². The van der Waals surface area contributed by atoms with Gasteiger partial charge in [-0.2, -0.15) is 5.10 Å². The molecule has 3 rings (SSSR count). The van der Waals surface area contributed by atoms with Crippen LogP contribution in [0.1, 0.15) is 0 Å². The molecule has 1 amide bonds. The Morgan fingerprint density at radius 2 is 2.17 bits per heavy atom. The molecule has 9 nitrogen and oxygen atoms in total. The molecule has 0 saturated carbocycles. The summed E-state index contributed by atoms with van der Waals surface area (Å²) in [7, 11) is 1.82. The Morgan fingerprint density at radius 3 is 2.88 bits per heavy atom. The number of benzene rings is 1. The summed E-state index contributed by atoms with van der Waals surface area (Å²) >= 11 is 0. The first-order valence-corrected chi connectivity index (χ1v) is 7.68. The van der Waals surface area contributed by atoms with Gasteiger partial charge in [0.25, 0.3) is 5.69 Å². The van der Waals surface area contributed by atoms with E-state index in [-0.39, 0.29) is 18.1 Å². The normalized spacial score (nSPS) is 15.2. The number of nitro groups is 1. The molecule has 0 radical (unpaired) electrons. The second kappa shape index (κ2) is 6.93. The van der Waals surface area contributed by atoms with Crippen LogP contribution in [0.4, 0.5) is 5.69 Å². The van der Waals surface area contributed by atoms with Gasteiger partial charge in [0.05, 0.1) is 43.1 Å². The summed E-state index contributed by atoms with van der Waals surface area (Å²) in [5.41, 5.74) is 0.700. The number of nitrogens with zero attached hydrogens (tertiary/aromatic N) is 5. The third-order valence-electron chi connectivity index (χ3n) is 3.98. The van der Waals surface area contributed by atoms with Crippen molar-refractivity contribution in [3.8, 4) is 0 Å². The Balaban J connectivity index is 1.68. The first-order valence-electron chi connectivity index (χ1n) is 7.68. The fourth-order valence-corrected chi connectivity index (χ4v) is 2.71. The van der Waals surface area contributed by atoms with Crippen LogP contribution in [0, 0.1) is 10.1 Å². The van der Waals surface area contributed by atoms with E-state index in [0.717, 1.165) is 5.39 Å². The van der Waals surface area contributed by atoms with Crippen LogP contribution in [-0.2, 0) is 16.2 Å². The van der Waals surface area contributed by atoms with Gasteiger partial charge in [-0.3, -0.25) is 24.5 Å². The average Bonchev–Trinajstić information content (AvgIpc) is 2.97. The highest BCUT2D eigenvalue weighted by Gasteiger charge is 2.19. The molecule has 1 fully saturated rings. The number of nitro benzene ring substituents is 1. The van der Waals surface area contributed by atoms with E-state index < -0.39 is 4.92 Å². The highest BCUT2D eigenvalue weighted by atomic mass is 16.6. The zero-order chi connectivity index (χ0) is 17.1. The lowest BCUT2D eigenvalue weighted by molar-refractivity contribution is -0.384. The van der Waals surface area contributed by atoms with Crippen molar-refractivity contribution in [2.24, 2.45) is 0 Å². The number of aromatic nitrogens is 2. The quantitative estimate of drug-likeness (QED) is 0.590. The van der Waals surface area contributed by atoms with Gasteiger partial charge in [0, 0.05) is 30.6 Å². The standard InChI is InChI=1S/C15H19N5O4/c1-17(10-15(21)18-4-6-24-7-5-18)11-19-14-8-13(20(22)23)3-2-12(14)9-16-19/h2-3,8-9H,4-7,10-11H2,1H3. The minimum atomic E-state index is -0.428. The van der Waals surface area contributed by atoms with E-state index in [2.05, 4.69) is 5.10 Å². The molecule has 9 heteroatoms. The number of carbonyl (C=O) groups excluding carboxylic acids is 1. The van der Waals surface area contributed by atoms with E-state index in [0.29, 0.717) is 38.5 Å². The SMILES string of the molecule is CN(CC(=O)N1CCOCC1)Cn1ncc2ccc([N+](=O)[O-])cc21. The van der Waals surface area contributed by atoms with E-state index in [4.69, 9.17) is 4.74 Å². The second-order valence-corrected chi connectivity index (χ2v) is 5.79. The number of likely N-dealkylation sites (N-methyl/N-ethyl adjacent to an activating group) is 1. The molecule has 1 aliphatic heterocycles. The minimum Gasteiger partial charge on any atom is -0.378 e. The summed E-state index contributed by atoms with van der Waals surface area (Å²) in [5.74, 6) is 0.0447. The first kappa shape index (κ1) is 16.3. The maximum Gasteiger partial charge on any atom is 0.271 e. The summed E-state index contributed by atoms with van der Waals surface area (Å²) in [6.45, 7) is 3.01. The van der Waals surface area contributed by atoms with Crippen molar-refractivity contribution in [3.63, 3.8) is 0 Å². The summed E-state index contributed by atoms with van der Waals surface area (Å²) in [5, 5.41) is 16.0. The Bertz CT molecular complexity index is 753. The molecule has 1 aromatic carbocycles. The number of ether oxygens (including phenoxy) is 1. The number of amides is 1. The molecule has 24 heavy (non-hydrogen) atoms. The van der Waals surface area contributed by atoms with Crippen LogP contribution in [0.25, 0.3) is 10.9 Å². The molecule has 0 aliphatic carbocycles. The molecular weight excluding hydrogens is 314 g/mol. The highest BCUT2D eigenvalue weighted by Crippen LogP contribution is 2.20. The van der Waals surface area contributed by atoms with Crippen LogP contribution in [-0.4, -0.2) is 70.3 Å². The summed E-state index contributed by atoms with van der Waals surface area (Å²) in [6, 6.07) is 4.63. The third kappa shape index (κ3) is 3.52. The number of rotatable bonds is 5. The predicted molar refractivity (Wildman–Crippen MR) is 86.4 cm³/mol. The minimum absolute atomic E-state index is 0.0243. The molecule has 1 aromatic heterocycles. The molecule has 2 aromatic rings. The van der Waals surface area contributed by atoms with Crippen molar-refractivity contribution in [2.75, 3.05) is 39.9 Å². The van der Waals surface area contributed by atoms with E-state index in [9.17, 15) is 14.9 Å². The molecule has 128 valence electrons. The van der Waals surface area contributed by atoms with E-state index >= 15 is 0 Å². The van der Waals surface area contributed by atoms with Crippen molar-refractivity contribution >= 4 is 22.5 Å². The highest BCUT2D eigenvalue weighted by molar-refractivity contribution is 5.81. The molecule has 2 heterocycles. The maximum atomic E-state index is 12.3. The second-order valence-electron chi connectivity index (χ2n) is 5.79. The van der Waals surface area contributed by atoms with Crippen molar-refractivity contribution in [2.45, 2.75) is 6.67 Å². The van der Waals surface area contributed by atoms with Crippen LogP contribution >= 0.6 is 0 Å². The number of hydrogen-bond acceptors (Lipinski definition) is 6. The van der Waals surface area contributed by atoms with Gasteiger partial charge in [0.15, 0.2) is 0 Å². The lowest BCUT2D eigenvalue weighted by Gasteiger charge is -2.28.